The van der Waals surface area contributed by atoms with Crippen molar-refractivity contribution in [2.45, 2.75) is 20.8 Å². The molecule has 1 amide bonds. The second-order valence-corrected chi connectivity index (χ2v) is 7.59. The van der Waals surface area contributed by atoms with Crippen LogP contribution in [0.3, 0.4) is 0 Å². The van der Waals surface area contributed by atoms with Gasteiger partial charge in [0.1, 0.15) is 0 Å². The largest absolute Gasteiger partial charge is 0.291 e. The second-order valence-electron chi connectivity index (χ2n) is 7.59. The van der Waals surface area contributed by atoms with E-state index < -0.39 is 0 Å². The Hall–Kier alpha value is -3.99. The quantitative estimate of drug-likeness (QED) is 0.363. The summed E-state index contributed by atoms with van der Waals surface area (Å²) < 4.78 is 1.80. The summed E-state index contributed by atoms with van der Waals surface area (Å²) in [7, 11) is 0. The lowest BCUT2D eigenvalue weighted by Gasteiger charge is -2.08. The minimum atomic E-state index is -0.357. The molecule has 0 saturated heterocycles. The highest BCUT2D eigenvalue weighted by atomic mass is 16.2. The molecule has 4 rings (SSSR count). The van der Waals surface area contributed by atoms with E-state index in [1.54, 1.807) is 17.0 Å². The third kappa shape index (κ3) is 4.61. The lowest BCUT2D eigenvalue weighted by atomic mass is 10.1. The van der Waals surface area contributed by atoms with E-state index in [9.17, 15) is 4.79 Å². The average Bonchev–Trinajstić information content (AvgIpc) is 3.21. The summed E-state index contributed by atoms with van der Waals surface area (Å²) in [4.78, 5) is 12.8. The zero-order chi connectivity index (χ0) is 21.8. The van der Waals surface area contributed by atoms with E-state index in [1.165, 1.54) is 5.56 Å². The van der Waals surface area contributed by atoms with Crippen LogP contribution < -0.4 is 5.43 Å². The van der Waals surface area contributed by atoms with Gasteiger partial charge >= 0.3 is 0 Å². The van der Waals surface area contributed by atoms with Crippen LogP contribution in [0.25, 0.3) is 16.9 Å². The first kappa shape index (κ1) is 20.3. The maximum Gasteiger partial charge on any atom is 0.291 e. The molecule has 31 heavy (non-hydrogen) atoms. The van der Waals surface area contributed by atoms with Crippen LogP contribution >= 0.6 is 0 Å². The fourth-order valence-electron chi connectivity index (χ4n) is 3.33. The second kappa shape index (κ2) is 8.79. The van der Waals surface area contributed by atoms with Gasteiger partial charge in [0, 0.05) is 5.56 Å². The molecule has 0 unspecified atom stereocenters. The Bertz CT molecular complexity index is 1250. The van der Waals surface area contributed by atoms with Crippen molar-refractivity contribution in [3.05, 3.63) is 107 Å². The first-order chi connectivity index (χ1) is 15.0. The molecule has 3 aromatic carbocycles. The normalized spacial score (nSPS) is 11.1. The Kier molecular flexibility index (Phi) is 5.76. The number of benzene rings is 3. The van der Waals surface area contributed by atoms with Gasteiger partial charge in [-0.25, -0.2) is 10.1 Å². The Morgan fingerprint density at radius 2 is 1.68 bits per heavy atom. The van der Waals surface area contributed by atoms with Gasteiger partial charge in [0.2, 0.25) is 0 Å². The standard InChI is InChI=1S/C26H24N4O/c1-18-11-13-21(14-12-18)25-16-24(29-30(25)23-10-6-7-19(2)15-23)26(31)28-27-17-22-9-5-4-8-20(22)3/h4-17H,1-3H3,(H,28,31)/b27-17-. The summed E-state index contributed by atoms with van der Waals surface area (Å²) in [6, 6.07) is 25.9. The molecule has 0 saturated carbocycles. The minimum Gasteiger partial charge on any atom is -0.265 e. The number of aromatic nitrogens is 2. The van der Waals surface area contributed by atoms with Crippen molar-refractivity contribution in [2.24, 2.45) is 5.10 Å². The topological polar surface area (TPSA) is 59.3 Å². The van der Waals surface area contributed by atoms with Gasteiger partial charge in [-0.3, -0.25) is 4.79 Å². The summed E-state index contributed by atoms with van der Waals surface area (Å²) in [5, 5.41) is 8.71. The molecule has 1 aromatic heterocycles. The Balaban J connectivity index is 1.66. The number of hydrogen-bond donors (Lipinski definition) is 1. The maximum absolute atomic E-state index is 12.8. The van der Waals surface area contributed by atoms with Gasteiger partial charge in [-0.15, -0.1) is 0 Å². The van der Waals surface area contributed by atoms with E-state index in [4.69, 9.17) is 0 Å². The number of amides is 1. The number of aryl methyl sites for hydroxylation is 3. The first-order valence-corrected chi connectivity index (χ1v) is 10.1. The van der Waals surface area contributed by atoms with Crippen LogP contribution in [0, 0.1) is 20.8 Å². The molecule has 5 heteroatoms. The summed E-state index contributed by atoms with van der Waals surface area (Å²) >= 11 is 0. The van der Waals surface area contributed by atoms with Crippen LogP contribution in [0.2, 0.25) is 0 Å². The molecular formula is C26H24N4O. The number of carbonyl (C=O) groups is 1. The predicted molar refractivity (Wildman–Crippen MR) is 125 cm³/mol. The molecule has 4 aromatic rings. The molecule has 1 heterocycles. The smallest absolute Gasteiger partial charge is 0.265 e. The lowest BCUT2D eigenvalue weighted by molar-refractivity contribution is 0.0949. The molecule has 0 radical (unpaired) electrons. The molecule has 0 aliphatic rings. The van der Waals surface area contributed by atoms with E-state index in [2.05, 4.69) is 27.8 Å². The summed E-state index contributed by atoms with van der Waals surface area (Å²) in [6.07, 6.45) is 1.64. The fourth-order valence-corrected chi connectivity index (χ4v) is 3.33. The van der Waals surface area contributed by atoms with Gasteiger partial charge in [-0.2, -0.15) is 10.2 Å². The van der Waals surface area contributed by atoms with Crippen LogP contribution in [0.5, 0.6) is 0 Å². The predicted octanol–water partition coefficient (Wildman–Crippen LogP) is 5.23. The summed E-state index contributed by atoms with van der Waals surface area (Å²) in [5.41, 5.74) is 9.97. The number of hydrogen-bond acceptors (Lipinski definition) is 3. The van der Waals surface area contributed by atoms with Crippen molar-refractivity contribution in [3.8, 4) is 16.9 Å². The van der Waals surface area contributed by atoms with Crippen molar-refractivity contribution in [1.82, 2.24) is 15.2 Å². The van der Waals surface area contributed by atoms with Gasteiger partial charge in [-0.1, -0.05) is 66.2 Å². The van der Waals surface area contributed by atoms with Crippen molar-refractivity contribution in [1.29, 1.82) is 0 Å². The number of rotatable bonds is 5. The highest BCUT2D eigenvalue weighted by Gasteiger charge is 2.16. The minimum absolute atomic E-state index is 0.305. The number of carbonyl (C=O) groups excluding carboxylic acids is 1. The van der Waals surface area contributed by atoms with Crippen molar-refractivity contribution in [2.75, 3.05) is 0 Å². The Morgan fingerprint density at radius 3 is 2.42 bits per heavy atom. The van der Waals surface area contributed by atoms with Gasteiger partial charge in [-0.05, 0) is 55.7 Å². The third-order valence-electron chi connectivity index (χ3n) is 5.09. The van der Waals surface area contributed by atoms with E-state index in [0.717, 1.165) is 33.6 Å². The highest BCUT2D eigenvalue weighted by Crippen LogP contribution is 2.25. The molecule has 0 aliphatic carbocycles. The fraction of sp³-hybridized carbons (Fsp3) is 0.115. The zero-order valence-electron chi connectivity index (χ0n) is 17.8. The monoisotopic (exact) mass is 408 g/mol. The summed E-state index contributed by atoms with van der Waals surface area (Å²) in [6.45, 7) is 6.08. The van der Waals surface area contributed by atoms with Gasteiger partial charge in [0.05, 0.1) is 17.6 Å². The van der Waals surface area contributed by atoms with Crippen LogP contribution in [0.4, 0.5) is 0 Å². The van der Waals surface area contributed by atoms with Crippen LogP contribution in [-0.4, -0.2) is 21.9 Å². The average molecular weight is 409 g/mol. The van der Waals surface area contributed by atoms with Gasteiger partial charge in [0.15, 0.2) is 5.69 Å². The molecule has 0 fully saturated rings. The zero-order valence-corrected chi connectivity index (χ0v) is 17.8. The number of nitrogens with zero attached hydrogens (tertiary/aromatic N) is 3. The number of nitrogens with one attached hydrogen (secondary N) is 1. The molecular weight excluding hydrogens is 384 g/mol. The third-order valence-corrected chi connectivity index (χ3v) is 5.09. The van der Waals surface area contributed by atoms with E-state index >= 15 is 0 Å². The molecule has 0 spiro atoms. The first-order valence-electron chi connectivity index (χ1n) is 10.1. The molecule has 0 atom stereocenters. The summed E-state index contributed by atoms with van der Waals surface area (Å²) in [5.74, 6) is -0.357. The van der Waals surface area contributed by atoms with E-state index in [-0.39, 0.29) is 5.91 Å². The van der Waals surface area contributed by atoms with Gasteiger partial charge in [0.25, 0.3) is 5.91 Å². The van der Waals surface area contributed by atoms with Crippen LogP contribution in [-0.2, 0) is 0 Å². The Labute approximate surface area is 182 Å². The van der Waals surface area contributed by atoms with Crippen molar-refractivity contribution < 1.29 is 4.79 Å². The molecule has 5 nitrogen and oxygen atoms in total. The van der Waals surface area contributed by atoms with Crippen LogP contribution in [0.1, 0.15) is 32.7 Å². The van der Waals surface area contributed by atoms with Crippen molar-refractivity contribution in [3.63, 3.8) is 0 Å². The molecule has 0 bridgehead atoms. The highest BCUT2D eigenvalue weighted by molar-refractivity contribution is 5.94. The van der Waals surface area contributed by atoms with Gasteiger partial charge < -0.3 is 0 Å². The lowest BCUT2D eigenvalue weighted by Crippen LogP contribution is -2.18. The Morgan fingerprint density at radius 1 is 0.903 bits per heavy atom. The molecule has 154 valence electrons. The maximum atomic E-state index is 12.8. The van der Waals surface area contributed by atoms with E-state index in [1.807, 2.05) is 81.4 Å². The van der Waals surface area contributed by atoms with Crippen LogP contribution in [0.15, 0.2) is 84.0 Å². The van der Waals surface area contributed by atoms with Crippen molar-refractivity contribution >= 4 is 12.1 Å². The molecule has 1 N–H and O–H groups in total. The number of hydrazone groups is 1. The molecule has 0 aliphatic heterocycles. The van der Waals surface area contributed by atoms with E-state index in [0.29, 0.717) is 5.69 Å². The SMILES string of the molecule is Cc1ccc(-c2cc(C(=O)N/N=C\c3ccccc3C)nn2-c2cccc(C)c2)cc1.